The van der Waals surface area contributed by atoms with E-state index in [0.717, 1.165) is 65.4 Å². The highest BCUT2D eigenvalue weighted by molar-refractivity contribution is 7.19. The maximum Gasteiger partial charge on any atom is 0.227 e. The largest absolute Gasteiger partial charge is 0.498 e. The van der Waals surface area contributed by atoms with Crippen LogP contribution >= 0.6 is 11.3 Å². The number of nitrogens with zero attached hydrogens (tertiary/aromatic N) is 5. The summed E-state index contributed by atoms with van der Waals surface area (Å²) in [5.74, 6) is 2.43. The van der Waals surface area contributed by atoms with E-state index >= 15 is 0 Å². The molecular weight excluding hydrogens is 448 g/mol. The van der Waals surface area contributed by atoms with Gasteiger partial charge in [0.05, 0.1) is 47.8 Å². The Hall–Kier alpha value is -2.91. The molecule has 0 aromatic carbocycles. The number of likely N-dealkylation sites (tertiary alicyclic amines) is 1. The topological polar surface area (TPSA) is 77.3 Å². The Morgan fingerprint density at radius 3 is 2.79 bits per heavy atom. The second-order valence-electron chi connectivity index (χ2n) is 8.88. The standard InChI is InChI=1S/C25H32N6O2S/c1-17-23(24-22(34-17)15-26-25(29-24)28-18-14-27-30(2)16-18)20-8-7-19(13-21(20)32-3)33-12-6-11-31-9-4-5-10-31/h13-16H,4-12H2,1-3H3,(H,26,28,29). The Kier molecular flexibility index (Phi) is 6.82. The molecular formula is C25H32N6O2S. The molecule has 180 valence electrons. The Bertz CT molecular complexity index is 1220. The first-order chi connectivity index (χ1) is 16.6. The number of thiophene rings is 1. The second-order valence-corrected chi connectivity index (χ2v) is 10.1. The Balaban J connectivity index is 1.35. The molecule has 0 atom stereocenters. The molecule has 3 aromatic heterocycles. The minimum absolute atomic E-state index is 0.562. The quantitative estimate of drug-likeness (QED) is 0.431. The predicted molar refractivity (Wildman–Crippen MR) is 136 cm³/mol. The zero-order valence-electron chi connectivity index (χ0n) is 20.1. The summed E-state index contributed by atoms with van der Waals surface area (Å²) in [5, 5.41) is 7.45. The number of allylic oxidation sites excluding steroid dienone is 3. The van der Waals surface area contributed by atoms with Gasteiger partial charge in [0.25, 0.3) is 0 Å². The summed E-state index contributed by atoms with van der Waals surface area (Å²) in [6, 6.07) is 0. The molecule has 3 aromatic rings. The molecule has 34 heavy (non-hydrogen) atoms. The van der Waals surface area contributed by atoms with Crippen molar-refractivity contribution in [2.75, 3.05) is 38.7 Å². The van der Waals surface area contributed by atoms with E-state index in [1.807, 2.05) is 19.4 Å². The highest BCUT2D eigenvalue weighted by atomic mass is 32.1. The van der Waals surface area contributed by atoms with E-state index in [2.05, 4.69) is 33.3 Å². The number of anilines is 2. The van der Waals surface area contributed by atoms with Gasteiger partial charge in [-0.2, -0.15) is 5.10 Å². The lowest BCUT2D eigenvalue weighted by molar-refractivity contribution is 0.179. The van der Waals surface area contributed by atoms with Crippen molar-refractivity contribution in [3.63, 3.8) is 0 Å². The molecule has 8 nitrogen and oxygen atoms in total. The maximum atomic E-state index is 6.13. The van der Waals surface area contributed by atoms with Crippen molar-refractivity contribution in [3.8, 4) is 0 Å². The third-order valence-electron chi connectivity index (χ3n) is 6.41. The molecule has 2 aliphatic rings. The first kappa shape index (κ1) is 22.9. The lowest BCUT2D eigenvalue weighted by atomic mass is 9.94. The minimum Gasteiger partial charge on any atom is -0.498 e. The van der Waals surface area contributed by atoms with Gasteiger partial charge in [0.15, 0.2) is 0 Å². The fraction of sp³-hybridized carbons (Fsp3) is 0.480. The molecule has 0 spiro atoms. The van der Waals surface area contributed by atoms with E-state index in [4.69, 9.17) is 14.5 Å². The molecule has 0 bridgehead atoms. The first-order valence-corrected chi connectivity index (χ1v) is 12.8. The molecule has 0 amide bonds. The van der Waals surface area contributed by atoms with Crippen molar-refractivity contribution in [3.05, 3.63) is 46.6 Å². The minimum atomic E-state index is 0.562. The summed E-state index contributed by atoms with van der Waals surface area (Å²) in [7, 11) is 3.62. The third-order valence-corrected chi connectivity index (χ3v) is 7.43. The summed E-state index contributed by atoms with van der Waals surface area (Å²) in [6.07, 6.45) is 13.1. The van der Waals surface area contributed by atoms with Crippen LogP contribution in [0.4, 0.5) is 11.6 Å². The lowest BCUT2D eigenvalue weighted by Gasteiger charge is -2.21. The monoisotopic (exact) mass is 480 g/mol. The van der Waals surface area contributed by atoms with Crippen LogP contribution in [0, 0.1) is 6.92 Å². The second kappa shape index (κ2) is 10.1. The average Bonchev–Trinajstić information content (AvgIpc) is 3.57. The molecule has 1 aliphatic heterocycles. The molecule has 9 heteroatoms. The molecule has 0 saturated carbocycles. The van der Waals surface area contributed by atoms with Crippen LogP contribution in [0.3, 0.4) is 0 Å². The van der Waals surface area contributed by atoms with Crippen LogP contribution in [0.5, 0.6) is 0 Å². The maximum absolute atomic E-state index is 6.13. The molecule has 0 unspecified atom stereocenters. The molecule has 5 rings (SSSR count). The summed E-state index contributed by atoms with van der Waals surface area (Å²) >= 11 is 1.72. The highest BCUT2D eigenvalue weighted by Gasteiger charge is 2.23. The highest BCUT2D eigenvalue weighted by Crippen LogP contribution is 2.41. The van der Waals surface area contributed by atoms with E-state index < -0.39 is 0 Å². The summed E-state index contributed by atoms with van der Waals surface area (Å²) in [6.45, 7) is 6.50. The van der Waals surface area contributed by atoms with E-state index in [1.54, 1.807) is 29.3 Å². The molecule has 1 aliphatic carbocycles. The fourth-order valence-electron chi connectivity index (χ4n) is 4.76. The normalized spacial score (nSPS) is 16.9. The number of fused-ring (bicyclic) bond motifs is 1. The lowest BCUT2D eigenvalue weighted by Crippen LogP contribution is -2.21. The van der Waals surface area contributed by atoms with Crippen molar-refractivity contribution in [2.24, 2.45) is 7.05 Å². The molecule has 0 radical (unpaired) electrons. The summed E-state index contributed by atoms with van der Waals surface area (Å²) in [5.41, 5.74) is 4.15. The number of methoxy groups -OCH3 is 1. The van der Waals surface area contributed by atoms with Crippen LogP contribution in [0.2, 0.25) is 0 Å². The first-order valence-electron chi connectivity index (χ1n) is 12.0. The van der Waals surface area contributed by atoms with Crippen molar-refractivity contribution in [2.45, 2.75) is 39.0 Å². The van der Waals surface area contributed by atoms with Crippen molar-refractivity contribution < 1.29 is 9.47 Å². The van der Waals surface area contributed by atoms with Gasteiger partial charge in [0.2, 0.25) is 5.95 Å². The number of aryl methyl sites for hydroxylation is 2. The number of hydrogen-bond donors (Lipinski definition) is 1. The van der Waals surface area contributed by atoms with Crippen LogP contribution in [-0.2, 0) is 16.5 Å². The Morgan fingerprint density at radius 1 is 1.18 bits per heavy atom. The van der Waals surface area contributed by atoms with Gasteiger partial charge >= 0.3 is 0 Å². The van der Waals surface area contributed by atoms with E-state index in [-0.39, 0.29) is 0 Å². The van der Waals surface area contributed by atoms with Gasteiger partial charge in [-0.15, -0.1) is 11.3 Å². The smallest absolute Gasteiger partial charge is 0.227 e. The number of rotatable bonds is 9. The van der Waals surface area contributed by atoms with Crippen molar-refractivity contribution in [1.82, 2.24) is 24.6 Å². The van der Waals surface area contributed by atoms with Gasteiger partial charge in [-0.05, 0) is 45.7 Å². The fourth-order valence-corrected chi connectivity index (χ4v) is 5.76. The van der Waals surface area contributed by atoms with Gasteiger partial charge in [-0.3, -0.25) is 4.68 Å². The summed E-state index contributed by atoms with van der Waals surface area (Å²) in [4.78, 5) is 13.1. The molecule has 1 N–H and O–H groups in total. The predicted octanol–water partition coefficient (Wildman–Crippen LogP) is 5.01. The van der Waals surface area contributed by atoms with Crippen LogP contribution in [0.1, 0.15) is 42.5 Å². The zero-order valence-corrected chi connectivity index (χ0v) is 21.0. The Morgan fingerprint density at radius 2 is 2.03 bits per heavy atom. The van der Waals surface area contributed by atoms with Gasteiger partial charge in [0, 0.05) is 48.3 Å². The van der Waals surface area contributed by atoms with E-state index in [0.29, 0.717) is 5.95 Å². The van der Waals surface area contributed by atoms with Gasteiger partial charge in [-0.25, -0.2) is 9.97 Å². The molecule has 1 fully saturated rings. The molecule has 4 heterocycles. The molecule has 1 saturated heterocycles. The van der Waals surface area contributed by atoms with Crippen LogP contribution in [-0.4, -0.2) is 58.0 Å². The third kappa shape index (κ3) is 4.95. The van der Waals surface area contributed by atoms with Crippen LogP contribution in [0.15, 0.2) is 36.2 Å². The SMILES string of the molecule is COC1=C(c2c(C)sc3cnc(Nc4cnn(C)c4)nc23)CCC(OCCCN2CCCC2)=C1. The van der Waals surface area contributed by atoms with Gasteiger partial charge in [-0.1, -0.05) is 0 Å². The van der Waals surface area contributed by atoms with Crippen LogP contribution < -0.4 is 5.32 Å². The van der Waals surface area contributed by atoms with Crippen LogP contribution in [0.25, 0.3) is 15.8 Å². The average molecular weight is 481 g/mol. The number of nitrogens with one attached hydrogen (secondary N) is 1. The Labute approximate surface area is 204 Å². The van der Waals surface area contributed by atoms with E-state index in [9.17, 15) is 0 Å². The zero-order chi connectivity index (χ0) is 23.5. The van der Waals surface area contributed by atoms with Crippen molar-refractivity contribution >= 4 is 38.8 Å². The number of aromatic nitrogens is 4. The van der Waals surface area contributed by atoms with Crippen molar-refractivity contribution in [1.29, 1.82) is 0 Å². The number of ether oxygens (including phenoxy) is 2. The summed E-state index contributed by atoms with van der Waals surface area (Å²) < 4.78 is 14.8. The van der Waals surface area contributed by atoms with Gasteiger partial charge < -0.3 is 19.7 Å². The van der Waals surface area contributed by atoms with Gasteiger partial charge in [0.1, 0.15) is 5.76 Å². The number of hydrogen-bond acceptors (Lipinski definition) is 8. The van der Waals surface area contributed by atoms with E-state index in [1.165, 1.54) is 36.4 Å².